The molecule has 3 rings (SSSR count). The fraction of sp³-hybridized carbons (Fsp3) is 0.316. The Balaban J connectivity index is 2.10. The smallest absolute Gasteiger partial charge is 0.290 e. The Morgan fingerprint density at radius 1 is 1.33 bits per heavy atom. The van der Waals surface area contributed by atoms with E-state index in [9.17, 15) is 14.7 Å². The fourth-order valence-corrected chi connectivity index (χ4v) is 4.16. The summed E-state index contributed by atoms with van der Waals surface area (Å²) in [5.41, 5.74) is 1.33. The standard InChI is InChI=1S/C19H19ClN2O4S/c1-10-18(27-11(2)21-10)16(23)14-15(12-4-6-13(20)7-5-12)22(8-9-26-3)19(25)17(14)24/h4-7,15,24H,8-9H2,1-3H3. The number of methoxy groups -OCH3 is 1. The maximum Gasteiger partial charge on any atom is 0.290 e. The first-order valence-electron chi connectivity index (χ1n) is 8.32. The van der Waals surface area contributed by atoms with E-state index in [0.717, 1.165) is 5.01 Å². The largest absolute Gasteiger partial charge is 0.503 e. The molecule has 0 saturated carbocycles. The van der Waals surface area contributed by atoms with Gasteiger partial charge in [0, 0.05) is 18.7 Å². The SMILES string of the molecule is COCCN1C(=O)C(O)=C(C(=O)c2sc(C)nc2C)C1c1ccc(Cl)cc1. The minimum atomic E-state index is -0.709. The van der Waals surface area contributed by atoms with E-state index >= 15 is 0 Å². The number of rotatable bonds is 6. The lowest BCUT2D eigenvalue weighted by Crippen LogP contribution is -2.34. The number of ketones is 1. The van der Waals surface area contributed by atoms with Gasteiger partial charge in [-0.25, -0.2) is 4.98 Å². The van der Waals surface area contributed by atoms with Crippen molar-refractivity contribution >= 4 is 34.6 Å². The number of hydrogen-bond donors (Lipinski definition) is 1. The number of thiazole rings is 1. The number of carbonyl (C=O) groups excluding carboxylic acids is 2. The predicted octanol–water partition coefficient (Wildman–Crippen LogP) is 3.64. The minimum absolute atomic E-state index is 0.0603. The van der Waals surface area contributed by atoms with Crippen LogP contribution in [0.25, 0.3) is 0 Å². The van der Waals surface area contributed by atoms with Gasteiger partial charge in [-0.1, -0.05) is 23.7 Å². The van der Waals surface area contributed by atoms with E-state index in [-0.39, 0.29) is 24.5 Å². The van der Waals surface area contributed by atoms with Crippen molar-refractivity contribution in [2.45, 2.75) is 19.9 Å². The maximum absolute atomic E-state index is 13.2. The summed E-state index contributed by atoms with van der Waals surface area (Å²) in [6.45, 7) is 4.07. The van der Waals surface area contributed by atoms with Crippen molar-refractivity contribution in [1.29, 1.82) is 0 Å². The second-order valence-corrected chi connectivity index (χ2v) is 7.82. The molecule has 2 aromatic rings. The molecule has 6 nitrogen and oxygen atoms in total. The molecule has 8 heteroatoms. The van der Waals surface area contributed by atoms with Gasteiger partial charge in [0.1, 0.15) is 0 Å². The van der Waals surface area contributed by atoms with Gasteiger partial charge >= 0.3 is 0 Å². The normalized spacial score (nSPS) is 17.1. The van der Waals surface area contributed by atoms with Crippen LogP contribution in [0, 0.1) is 13.8 Å². The van der Waals surface area contributed by atoms with E-state index in [1.807, 2.05) is 6.92 Å². The third-order valence-corrected chi connectivity index (χ3v) is 5.70. The van der Waals surface area contributed by atoms with Crippen molar-refractivity contribution in [3.63, 3.8) is 0 Å². The zero-order chi connectivity index (χ0) is 19.7. The van der Waals surface area contributed by atoms with Gasteiger partial charge in [0.05, 0.1) is 33.8 Å². The summed E-state index contributed by atoms with van der Waals surface area (Å²) in [5.74, 6) is -1.50. The van der Waals surface area contributed by atoms with Gasteiger partial charge < -0.3 is 14.7 Å². The lowest BCUT2D eigenvalue weighted by atomic mass is 9.95. The van der Waals surface area contributed by atoms with Crippen molar-refractivity contribution in [2.75, 3.05) is 20.3 Å². The molecule has 0 aliphatic carbocycles. The molecule has 0 radical (unpaired) electrons. The van der Waals surface area contributed by atoms with Crippen molar-refractivity contribution in [3.05, 3.63) is 61.8 Å². The molecule has 1 atom stereocenters. The van der Waals surface area contributed by atoms with Crippen LogP contribution in [0.3, 0.4) is 0 Å². The third kappa shape index (κ3) is 3.63. The topological polar surface area (TPSA) is 79.7 Å². The number of halogens is 1. The van der Waals surface area contributed by atoms with Crippen LogP contribution in [-0.4, -0.2) is 46.9 Å². The van der Waals surface area contributed by atoms with Crippen LogP contribution in [0.4, 0.5) is 0 Å². The molecule has 0 spiro atoms. The average Bonchev–Trinajstić information content (AvgIpc) is 3.10. The second-order valence-electron chi connectivity index (χ2n) is 6.18. The summed E-state index contributed by atoms with van der Waals surface area (Å²) in [4.78, 5) is 32.0. The summed E-state index contributed by atoms with van der Waals surface area (Å²) in [6, 6.07) is 6.16. The van der Waals surface area contributed by atoms with Gasteiger partial charge in [-0.3, -0.25) is 9.59 Å². The van der Waals surface area contributed by atoms with Crippen molar-refractivity contribution in [3.8, 4) is 0 Å². The maximum atomic E-state index is 13.2. The number of aliphatic hydroxyl groups excluding tert-OH is 1. The molecular weight excluding hydrogens is 388 g/mol. The van der Waals surface area contributed by atoms with Gasteiger partial charge in [-0.2, -0.15) is 0 Å². The second kappa shape index (κ2) is 7.80. The third-order valence-electron chi connectivity index (χ3n) is 4.38. The van der Waals surface area contributed by atoms with E-state index in [2.05, 4.69) is 4.98 Å². The highest BCUT2D eigenvalue weighted by Gasteiger charge is 2.44. The van der Waals surface area contributed by atoms with Crippen LogP contribution in [-0.2, 0) is 9.53 Å². The molecular formula is C19H19ClN2O4S. The van der Waals surface area contributed by atoms with Crippen LogP contribution in [0.15, 0.2) is 35.6 Å². The van der Waals surface area contributed by atoms with Gasteiger partial charge in [-0.15, -0.1) is 11.3 Å². The first-order chi connectivity index (χ1) is 12.8. The number of Topliss-reactive ketones (excluding diaryl/α,β-unsaturated/α-hetero) is 1. The Labute approximate surface area is 166 Å². The summed E-state index contributed by atoms with van der Waals surface area (Å²) in [7, 11) is 1.53. The molecule has 1 amide bonds. The van der Waals surface area contributed by atoms with Crippen molar-refractivity contribution in [2.24, 2.45) is 0 Å². The summed E-state index contributed by atoms with van der Waals surface area (Å²) in [5, 5.41) is 11.8. The van der Waals surface area contributed by atoms with Crippen LogP contribution < -0.4 is 0 Å². The van der Waals surface area contributed by atoms with Crippen LogP contribution in [0.1, 0.15) is 32.0 Å². The average molecular weight is 407 g/mol. The molecule has 2 heterocycles. The van der Waals surface area contributed by atoms with Crippen molar-refractivity contribution < 1.29 is 19.4 Å². The molecule has 1 aromatic heterocycles. The predicted molar refractivity (Wildman–Crippen MR) is 103 cm³/mol. The summed E-state index contributed by atoms with van der Waals surface area (Å²) in [6.07, 6.45) is 0. The number of hydrogen-bond acceptors (Lipinski definition) is 6. The Morgan fingerprint density at radius 2 is 2.00 bits per heavy atom. The highest BCUT2D eigenvalue weighted by atomic mass is 35.5. The van der Waals surface area contributed by atoms with Gasteiger partial charge in [0.2, 0.25) is 5.78 Å². The summed E-state index contributed by atoms with van der Waals surface area (Å²) < 4.78 is 5.09. The number of ether oxygens (including phenoxy) is 1. The highest BCUT2D eigenvalue weighted by molar-refractivity contribution is 7.14. The minimum Gasteiger partial charge on any atom is -0.503 e. The van der Waals surface area contributed by atoms with E-state index in [0.29, 0.717) is 21.2 Å². The van der Waals surface area contributed by atoms with Crippen LogP contribution in [0.5, 0.6) is 0 Å². The summed E-state index contributed by atoms with van der Waals surface area (Å²) >= 11 is 7.23. The molecule has 1 aliphatic rings. The van der Waals surface area contributed by atoms with Crippen LogP contribution in [0.2, 0.25) is 5.02 Å². The number of amides is 1. The van der Waals surface area contributed by atoms with Crippen molar-refractivity contribution in [1.82, 2.24) is 9.88 Å². The Morgan fingerprint density at radius 3 is 2.56 bits per heavy atom. The van der Waals surface area contributed by atoms with Gasteiger partial charge in [0.15, 0.2) is 5.76 Å². The first kappa shape index (κ1) is 19.5. The first-order valence-corrected chi connectivity index (χ1v) is 9.51. The quantitative estimate of drug-likeness (QED) is 0.741. The Bertz CT molecular complexity index is 920. The van der Waals surface area contributed by atoms with E-state index in [4.69, 9.17) is 16.3 Å². The fourth-order valence-electron chi connectivity index (χ4n) is 3.16. The van der Waals surface area contributed by atoms with Gasteiger partial charge in [0.25, 0.3) is 5.91 Å². The monoisotopic (exact) mass is 406 g/mol. The molecule has 1 N–H and O–H groups in total. The van der Waals surface area contributed by atoms with Gasteiger partial charge in [-0.05, 0) is 31.5 Å². The Hall–Kier alpha value is -2.22. The molecule has 1 aromatic carbocycles. The molecule has 0 bridgehead atoms. The molecule has 142 valence electrons. The van der Waals surface area contributed by atoms with E-state index < -0.39 is 17.7 Å². The number of aromatic nitrogens is 1. The zero-order valence-corrected chi connectivity index (χ0v) is 16.7. The lowest BCUT2D eigenvalue weighted by molar-refractivity contribution is -0.130. The molecule has 0 saturated heterocycles. The zero-order valence-electron chi connectivity index (χ0n) is 15.2. The number of nitrogens with zero attached hydrogens (tertiary/aromatic N) is 2. The molecule has 27 heavy (non-hydrogen) atoms. The number of benzene rings is 1. The van der Waals surface area contributed by atoms with Crippen LogP contribution >= 0.6 is 22.9 Å². The molecule has 0 fully saturated rings. The van der Waals surface area contributed by atoms with E-state index in [1.165, 1.54) is 23.3 Å². The number of aryl methyl sites for hydroxylation is 2. The van der Waals surface area contributed by atoms with E-state index in [1.54, 1.807) is 31.2 Å². The highest BCUT2D eigenvalue weighted by Crippen LogP contribution is 2.40. The molecule has 1 unspecified atom stereocenters. The lowest BCUT2D eigenvalue weighted by Gasteiger charge is -2.26. The Kier molecular flexibility index (Phi) is 5.64. The number of aliphatic hydroxyl groups is 1. The number of carbonyl (C=O) groups is 2. The molecule has 1 aliphatic heterocycles.